The zero-order valence-corrected chi connectivity index (χ0v) is 13.0. The first kappa shape index (κ1) is 16.5. The van der Waals surface area contributed by atoms with Crippen molar-refractivity contribution in [3.63, 3.8) is 0 Å². The van der Waals surface area contributed by atoms with Crippen molar-refractivity contribution < 1.29 is 18.9 Å². The Balaban J connectivity index is 0.00000256. The number of hydrogen-bond acceptors (Lipinski definition) is 0. The molecule has 1 rings (SSSR count). The number of hydrogen-bond donors (Lipinski definition) is 0. The molecule has 0 amide bonds. The van der Waals surface area contributed by atoms with Crippen LogP contribution in [0.25, 0.3) is 0 Å². The maximum Gasteiger partial charge on any atom is 1.00 e. The van der Waals surface area contributed by atoms with E-state index in [1.54, 1.807) is 0 Å². The van der Waals surface area contributed by atoms with E-state index in [1.165, 1.54) is 5.19 Å². The first-order valence-corrected chi connectivity index (χ1v) is 8.82. The van der Waals surface area contributed by atoms with E-state index in [0.29, 0.717) is 0 Å². The van der Waals surface area contributed by atoms with Crippen molar-refractivity contribution in [2.24, 2.45) is 5.41 Å². The van der Waals surface area contributed by atoms with Gasteiger partial charge in [0, 0.05) is 8.07 Å². The minimum absolute atomic E-state index is 0. The molecular formula is C15H21LiSi. The molecule has 0 saturated carbocycles. The van der Waals surface area contributed by atoms with Gasteiger partial charge in [-0.25, -0.2) is 0 Å². The van der Waals surface area contributed by atoms with E-state index in [2.05, 4.69) is 82.1 Å². The molecule has 0 aliphatic carbocycles. The number of rotatable bonds is 2. The SMILES string of the molecule is CC(C)(C)C#C[CH-][Si](C)(C)c1ccccc1.[Li+]. The summed E-state index contributed by atoms with van der Waals surface area (Å²) in [5.41, 5.74) is 0.0949. The van der Waals surface area contributed by atoms with Crippen LogP contribution in [0.2, 0.25) is 13.1 Å². The zero-order chi connectivity index (χ0) is 12.2. The molecule has 0 aliphatic heterocycles. The summed E-state index contributed by atoms with van der Waals surface area (Å²) in [7, 11) is -1.48. The summed E-state index contributed by atoms with van der Waals surface area (Å²) >= 11 is 0. The molecule has 1 aromatic carbocycles. The largest absolute Gasteiger partial charge is 1.00 e. The quantitative estimate of drug-likeness (QED) is 0.396. The minimum Gasteiger partial charge on any atom is -0.322 e. The molecule has 0 heterocycles. The molecule has 0 aromatic heterocycles. The molecule has 0 fully saturated rings. The molecule has 86 valence electrons. The molecule has 0 aliphatic rings. The third kappa shape index (κ3) is 6.09. The molecule has 1 aromatic rings. The van der Waals surface area contributed by atoms with Gasteiger partial charge in [-0.15, -0.1) is 0 Å². The van der Waals surface area contributed by atoms with Gasteiger partial charge in [0.1, 0.15) is 0 Å². The van der Waals surface area contributed by atoms with Gasteiger partial charge in [0.15, 0.2) is 0 Å². The second-order valence-electron chi connectivity index (χ2n) is 5.75. The van der Waals surface area contributed by atoms with Crippen LogP contribution in [0.15, 0.2) is 30.3 Å². The van der Waals surface area contributed by atoms with Crippen LogP contribution < -0.4 is 24.0 Å². The van der Waals surface area contributed by atoms with E-state index in [1.807, 2.05) is 0 Å². The summed E-state index contributed by atoms with van der Waals surface area (Å²) in [6.45, 7) is 11.1. The maximum absolute atomic E-state index is 3.28. The Bertz CT molecular complexity index is 390. The van der Waals surface area contributed by atoms with Gasteiger partial charge in [-0.3, -0.25) is 5.92 Å². The third-order valence-electron chi connectivity index (χ3n) is 2.40. The molecule has 0 unspecified atom stereocenters. The van der Waals surface area contributed by atoms with E-state index in [-0.39, 0.29) is 24.3 Å². The van der Waals surface area contributed by atoms with Crippen molar-refractivity contribution in [1.82, 2.24) is 0 Å². The van der Waals surface area contributed by atoms with Crippen molar-refractivity contribution in [1.29, 1.82) is 0 Å². The second-order valence-corrected chi connectivity index (χ2v) is 10.1. The van der Waals surface area contributed by atoms with Crippen molar-refractivity contribution in [3.05, 3.63) is 36.4 Å². The van der Waals surface area contributed by atoms with E-state index in [0.717, 1.165) is 0 Å². The van der Waals surface area contributed by atoms with Crippen LogP contribution in [0.4, 0.5) is 0 Å². The summed E-state index contributed by atoms with van der Waals surface area (Å²) < 4.78 is 0. The topological polar surface area (TPSA) is 0 Å². The minimum atomic E-state index is -1.48. The Kier molecular flexibility index (Phi) is 6.21. The molecule has 0 radical (unpaired) electrons. The monoisotopic (exact) mass is 236 g/mol. The molecule has 0 N–H and O–H groups in total. The Morgan fingerprint density at radius 2 is 1.59 bits per heavy atom. The molecule has 0 saturated heterocycles. The van der Waals surface area contributed by atoms with Crippen molar-refractivity contribution in [2.75, 3.05) is 0 Å². The Morgan fingerprint density at radius 3 is 2.06 bits per heavy atom. The fourth-order valence-corrected chi connectivity index (χ4v) is 3.04. The van der Waals surface area contributed by atoms with Crippen LogP contribution >= 0.6 is 0 Å². The van der Waals surface area contributed by atoms with E-state index < -0.39 is 8.07 Å². The van der Waals surface area contributed by atoms with Crippen molar-refractivity contribution in [2.45, 2.75) is 33.9 Å². The smallest absolute Gasteiger partial charge is 0.322 e. The molecule has 0 spiro atoms. The average Bonchev–Trinajstić information content (AvgIpc) is 2.17. The normalized spacial score (nSPS) is 10.9. The van der Waals surface area contributed by atoms with Gasteiger partial charge < -0.3 is 5.92 Å². The van der Waals surface area contributed by atoms with Gasteiger partial charge in [-0.1, -0.05) is 74.8 Å². The van der Waals surface area contributed by atoms with E-state index in [9.17, 15) is 0 Å². The molecule has 2 heteroatoms. The Hall–Kier alpha value is -0.536. The van der Waals surface area contributed by atoms with Crippen LogP contribution in [0.1, 0.15) is 20.8 Å². The first-order valence-electron chi connectivity index (χ1n) is 5.74. The van der Waals surface area contributed by atoms with E-state index in [4.69, 9.17) is 0 Å². The van der Waals surface area contributed by atoms with E-state index >= 15 is 0 Å². The summed E-state index contributed by atoms with van der Waals surface area (Å²) in [4.78, 5) is 0. The van der Waals surface area contributed by atoms with Gasteiger partial charge in [0.05, 0.1) is 0 Å². The summed E-state index contributed by atoms with van der Waals surface area (Å²) in [6, 6.07) is 12.9. The van der Waals surface area contributed by atoms with Gasteiger partial charge in [0.2, 0.25) is 0 Å². The van der Waals surface area contributed by atoms with Crippen LogP contribution in [0.5, 0.6) is 0 Å². The number of benzene rings is 1. The zero-order valence-electron chi connectivity index (χ0n) is 12.0. The fraction of sp³-hybridized carbons (Fsp3) is 0.400. The van der Waals surface area contributed by atoms with Crippen LogP contribution in [-0.4, -0.2) is 8.07 Å². The first-order chi connectivity index (χ1) is 7.31. The van der Waals surface area contributed by atoms with Gasteiger partial charge >= 0.3 is 18.9 Å². The summed E-state index contributed by atoms with van der Waals surface area (Å²) in [6.07, 6.45) is 0. The van der Waals surface area contributed by atoms with Gasteiger partial charge in [0.25, 0.3) is 0 Å². The Morgan fingerprint density at radius 1 is 1.06 bits per heavy atom. The standard InChI is InChI=1S/C15H21Si.Li/c1-15(2,3)12-9-13-16(4,5)14-10-7-6-8-11-14;/h6-8,10-11,13H,1-5H3;/q-1;+1. The van der Waals surface area contributed by atoms with Gasteiger partial charge in [-0.05, 0) is 0 Å². The van der Waals surface area contributed by atoms with Crippen LogP contribution in [0, 0.1) is 23.3 Å². The summed E-state index contributed by atoms with van der Waals surface area (Å²) in [5.74, 6) is 6.53. The third-order valence-corrected chi connectivity index (χ3v) is 5.09. The average molecular weight is 236 g/mol. The fourth-order valence-electron chi connectivity index (χ4n) is 1.38. The van der Waals surface area contributed by atoms with Crippen molar-refractivity contribution >= 4 is 13.3 Å². The van der Waals surface area contributed by atoms with Gasteiger partial charge in [-0.2, -0.15) is 6.04 Å². The maximum atomic E-state index is 3.28. The second kappa shape index (κ2) is 6.41. The summed E-state index contributed by atoms with van der Waals surface area (Å²) in [5, 5.41) is 1.44. The Labute approximate surface area is 119 Å². The molecule has 0 nitrogen and oxygen atoms in total. The predicted octanol–water partition coefficient (Wildman–Crippen LogP) is 0.399. The van der Waals surface area contributed by atoms with Crippen LogP contribution in [0.3, 0.4) is 0 Å². The molecule has 0 bridgehead atoms. The molecular weight excluding hydrogens is 215 g/mol. The molecule has 17 heavy (non-hydrogen) atoms. The van der Waals surface area contributed by atoms with Crippen LogP contribution in [-0.2, 0) is 0 Å². The predicted molar refractivity (Wildman–Crippen MR) is 75.1 cm³/mol. The van der Waals surface area contributed by atoms with Crippen molar-refractivity contribution in [3.8, 4) is 11.8 Å². The molecule has 0 atom stereocenters.